The van der Waals surface area contributed by atoms with Gasteiger partial charge in [-0.05, 0) is 64.2 Å². The summed E-state index contributed by atoms with van der Waals surface area (Å²) < 4.78 is 5.76. The van der Waals surface area contributed by atoms with Crippen molar-refractivity contribution in [1.82, 2.24) is 19.9 Å². The summed E-state index contributed by atoms with van der Waals surface area (Å²) in [5.74, 6) is 1.57. The standard InChI is InChI=1S/C31H40N8O2/c1-7-28(40)34-22-18-23(26(41-6)19-25(22)38(5)17-16-37(3)4)35-30-32-15-12-27(36-30)39-20-31(13-8-9-14-31)29-24(39)11-10-21(2)33-29/h7,10-12,15,18-19H,1,8-9,13-14,16-17,20H2,2-6H3,(H,34,40)(H,32,35,36). The van der Waals surface area contributed by atoms with Crippen molar-refractivity contribution in [3.8, 4) is 5.75 Å². The third kappa shape index (κ3) is 5.83. The second-order valence-corrected chi connectivity index (χ2v) is 11.2. The topological polar surface area (TPSA) is 98.8 Å². The fraction of sp³-hybridized carbons (Fsp3) is 0.419. The van der Waals surface area contributed by atoms with Crippen LogP contribution in [0.2, 0.25) is 0 Å². The van der Waals surface area contributed by atoms with Crippen LogP contribution < -0.4 is 25.2 Å². The van der Waals surface area contributed by atoms with Gasteiger partial charge >= 0.3 is 0 Å². The Morgan fingerprint density at radius 1 is 1.12 bits per heavy atom. The molecule has 5 rings (SSSR count). The van der Waals surface area contributed by atoms with Gasteiger partial charge in [-0.15, -0.1) is 0 Å². The summed E-state index contributed by atoms with van der Waals surface area (Å²) in [5, 5.41) is 6.28. The molecule has 3 aromatic rings. The number of ether oxygens (including phenoxy) is 1. The minimum absolute atomic E-state index is 0.0792. The predicted octanol–water partition coefficient (Wildman–Crippen LogP) is 5.02. The first-order valence-electron chi connectivity index (χ1n) is 14.1. The minimum Gasteiger partial charge on any atom is -0.494 e. The molecule has 0 atom stereocenters. The molecule has 216 valence electrons. The molecule has 0 bridgehead atoms. The molecule has 41 heavy (non-hydrogen) atoms. The molecule has 2 aromatic heterocycles. The molecule has 1 aliphatic heterocycles. The number of fused-ring (bicyclic) bond motifs is 2. The lowest BCUT2D eigenvalue weighted by Crippen LogP contribution is -2.29. The quantitative estimate of drug-likeness (QED) is 0.334. The van der Waals surface area contributed by atoms with Crippen LogP contribution in [0, 0.1) is 6.92 Å². The number of aryl methyl sites for hydroxylation is 1. The Balaban J connectivity index is 1.47. The molecular weight excluding hydrogens is 516 g/mol. The normalized spacial score (nSPS) is 15.2. The highest BCUT2D eigenvalue weighted by Gasteiger charge is 2.46. The van der Waals surface area contributed by atoms with Crippen LogP contribution in [-0.2, 0) is 10.2 Å². The van der Waals surface area contributed by atoms with Gasteiger partial charge in [0.05, 0.1) is 35.6 Å². The Kier molecular flexibility index (Phi) is 8.12. The van der Waals surface area contributed by atoms with Gasteiger partial charge in [0.25, 0.3) is 0 Å². The first-order valence-corrected chi connectivity index (χ1v) is 14.1. The minimum atomic E-state index is -0.293. The van der Waals surface area contributed by atoms with Gasteiger partial charge in [-0.25, -0.2) is 4.98 Å². The molecule has 10 nitrogen and oxygen atoms in total. The summed E-state index contributed by atoms with van der Waals surface area (Å²) >= 11 is 0. The number of hydrogen-bond donors (Lipinski definition) is 2. The van der Waals surface area contributed by atoms with E-state index in [-0.39, 0.29) is 11.3 Å². The van der Waals surface area contributed by atoms with Crippen molar-refractivity contribution < 1.29 is 9.53 Å². The SMILES string of the molecule is C=CC(=O)Nc1cc(Nc2nccc(N3CC4(CCCC4)c4nc(C)ccc43)n2)c(OC)cc1N(C)CCN(C)C. The van der Waals surface area contributed by atoms with Crippen molar-refractivity contribution in [2.75, 3.05) is 68.3 Å². The molecule has 0 radical (unpaired) electrons. The average molecular weight is 557 g/mol. The van der Waals surface area contributed by atoms with E-state index in [1.807, 2.05) is 39.3 Å². The smallest absolute Gasteiger partial charge is 0.247 e. The molecule has 1 saturated carbocycles. The first kappa shape index (κ1) is 28.4. The van der Waals surface area contributed by atoms with Gasteiger partial charge in [0.1, 0.15) is 11.6 Å². The molecule has 1 amide bonds. The molecule has 0 unspecified atom stereocenters. The van der Waals surface area contributed by atoms with Crippen molar-refractivity contribution in [3.63, 3.8) is 0 Å². The Bertz CT molecular complexity index is 1430. The number of rotatable bonds is 10. The van der Waals surface area contributed by atoms with Crippen molar-refractivity contribution >= 4 is 40.4 Å². The summed E-state index contributed by atoms with van der Waals surface area (Å²) in [5.41, 5.74) is 5.55. The maximum Gasteiger partial charge on any atom is 0.247 e. The van der Waals surface area contributed by atoms with Crippen molar-refractivity contribution in [2.45, 2.75) is 38.0 Å². The van der Waals surface area contributed by atoms with Gasteiger partial charge in [0, 0.05) is 50.1 Å². The third-order valence-corrected chi connectivity index (χ3v) is 8.05. The number of hydrogen-bond acceptors (Lipinski definition) is 9. The van der Waals surface area contributed by atoms with E-state index < -0.39 is 0 Å². The van der Waals surface area contributed by atoms with E-state index in [0.717, 1.165) is 55.4 Å². The van der Waals surface area contributed by atoms with Crippen molar-refractivity contribution in [1.29, 1.82) is 0 Å². The van der Waals surface area contributed by atoms with Gasteiger partial charge in [-0.2, -0.15) is 4.98 Å². The van der Waals surface area contributed by atoms with E-state index >= 15 is 0 Å². The maximum atomic E-state index is 12.3. The number of pyridine rings is 1. The lowest BCUT2D eigenvalue weighted by atomic mass is 9.84. The van der Waals surface area contributed by atoms with Crippen LogP contribution in [-0.4, -0.2) is 73.6 Å². The van der Waals surface area contributed by atoms with Gasteiger partial charge in [0.15, 0.2) is 0 Å². The number of methoxy groups -OCH3 is 1. The van der Waals surface area contributed by atoms with E-state index in [9.17, 15) is 4.79 Å². The zero-order valence-electron chi connectivity index (χ0n) is 24.7. The van der Waals surface area contributed by atoms with E-state index in [1.54, 1.807) is 13.3 Å². The van der Waals surface area contributed by atoms with Gasteiger partial charge in [-0.3, -0.25) is 9.78 Å². The van der Waals surface area contributed by atoms with Crippen molar-refractivity contribution in [2.24, 2.45) is 0 Å². The van der Waals surface area contributed by atoms with Crippen LogP contribution in [0.5, 0.6) is 5.75 Å². The number of carbonyl (C=O) groups excluding carboxylic acids is 1. The number of likely N-dealkylation sites (N-methyl/N-ethyl adjacent to an activating group) is 2. The third-order valence-electron chi connectivity index (χ3n) is 8.05. The molecule has 3 heterocycles. The monoisotopic (exact) mass is 556 g/mol. The lowest BCUT2D eigenvalue weighted by molar-refractivity contribution is -0.111. The Morgan fingerprint density at radius 2 is 1.90 bits per heavy atom. The summed E-state index contributed by atoms with van der Waals surface area (Å²) in [6, 6.07) is 9.95. The van der Waals surface area contributed by atoms with Crippen molar-refractivity contribution in [3.05, 3.63) is 60.6 Å². The number of anilines is 6. The van der Waals surface area contributed by atoms with E-state index in [4.69, 9.17) is 14.7 Å². The summed E-state index contributed by atoms with van der Waals surface area (Å²) in [7, 11) is 7.67. The number of carbonyl (C=O) groups is 1. The molecular formula is C31H40N8O2. The van der Waals surface area contributed by atoms with Crippen LogP contribution in [0.15, 0.2) is 49.2 Å². The first-order chi connectivity index (χ1) is 19.7. The number of nitrogens with zero attached hydrogens (tertiary/aromatic N) is 6. The van der Waals surface area contributed by atoms with E-state index in [2.05, 4.69) is 56.0 Å². The number of aromatic nitrogens is 3. The summed E-state index contributed by atoms with van der Waals surface area (Å²) in [6.07, 6.45) is 7.77. The van der Waals surface area contributed by atoms with Crippen LogP contribution in [0.4, 0.5) is 34.5 Å². The van der Waals surface area contributed by atoms with Crippen LogP contribution in [0.3, 0.4) is 0 Å². The largest absolute Gasteiger partial charge is 0.494 e. The van der Waals surface area contributed by atoms with Crippen LogP contribution >= 0.6 is 0 Å². The Morgan fingerprint density at radius 3 is 2.61 bits per heavy atom. The Hall–Kier alpha value is -4.18. The second-order valence-electron chi connectivity index (χ2n) is 11.2. The van der Waals surface area contributed by atoms with E-state index in [1.165, 1.54) is 24.6 Å². The predicted molar refractivity (Wildman–Crippen MR) is 165 cm³/mol. The highest BCUT2D eigenvalue weighted by atomic mass is 16.5. The fourth-order valence-corrected chi connectivity index (χ4v) is 5.86. The van der Waals surface area contributed by atoms with Gasteiger partial charge < -0.3 is 30.1 Å². The summed E-state index contributed by atoms with van der Waals surface area (Å²) in [6.45, 7) is 8.14. The molecule has 1 aromatic carbocycles. The highest BCUT2D eigenvalue weighted by Crippen LogP contribution is 2.51. The number of amides is 1. The maximum absolute atomic E-state index is 12.3. The average Bonchev–Trinajstić information content (AvgIpc) is 3.56. The number of benzene rings is 1. The summed E-state index contributed by atoms with van der Waals surface area (Å²) in [4.78, 5) is 33.2. The van der Waals surface area contributed by atoms with Gasteiger partial charge in [-0.1, -0.05) is 19.4 Å². The zero-order valence-corrected chi connectivity index (χ0v) is 24.7. The number of nitrogens with one attached hydrogen (secondary N) is 2. The van der Waals surface area contributed by atoms with E-state index in [0.29, 0.717) is 23.1 Å². The van der Waals surface area contributed by atoms with Crippen LogP contribution in [0.25, 0.3) is 0 Å². The zero-order chi connectivity index (χ0) is 29.1. The molecule has 0 saturated heterocycles. The molecule has 1 spiro atoms. The molecule has 1 aliphatic carbocycles. The lowest BCUT2D eigenvalue weighted by Gasteiger charge is -2.26. The van der Waals surface area contributed by atoms with Gasteiger partial charge in [0.2, 0.25) is 11.9 Å². The molecule has 10 heteroatoms. The molecule has 2 N–H and O–H groups in total. The van der Waals surface area contributed by atoms with Crippen LogP contribution in [0.1, 0.15) is 37.1 Å². The Labute approximate surface area is 242 Å². The molecule has 1 fully saturated rings. The fourth-order valence-electron chi connectivity index (χ4n) is 5.86. The highest BCUT2D eigenvalue weighted by molar-refractivity contribution is 6.02. The molecule has 2 aliphatic rings. The second kappa shape index (κ2) is 11.7.